The van der Waals surface area contributed by atoms with E-state index in [9.17, 15) is 9.59 Å². The first-order valence-electron chi connectivity index (χ1n) is 6.10. The van der Waals surface area contributed by atoms with E-state index in [4.69, 9.17) is 5.11 Å². The van der Waals surface area contributed by atoms with Crippen molar-refractivity contribution in [2.24, 2.45) is 0 Å². The fourth-order valence-electron chi connectivity index (χ4n) is 2.10. The van der Waals surface area contributed by atoms with Crippen molar-refractivity contribution in [2.75, 3.05) is 18.1 Å². The Morgan fingerprint density at radius 3 is 2.67 bits per heavy atom. The minimum absolute atomic E-state index is 0.105. The maximum Gasteiger partial charge on any atom is 0.292 e. The molecule has 3 N–H and O–H groups in total. The van der Waals surface area contributed by atoms with Crippen molar-refractivity contribution < 1.29 is 20.0 Å². The third-order valence-electron chi connectivity index (χ3n) is 3.01. The summed E-state index contributed by atoms with van der Waals surface area (Å²) in [5, 5.41) is 10.5. The zero-order valence-corrected chi connectivity index (χ0v) is 10.1. The summed E-state index contributed by atoms with van der Waals surface area (Å²) in [5.74, 6) is -0.319. The summed E-state index contributed by atoms with van der Waals surface area (Å²) in [5.41, 5.74) is 0.630. The number of para-hydroxylation sites is 1. The average Bonchev–Trinajstić information content (AvgIpc) is 2.66. The molecule has 1 aliphatic heterocycles. The number of nitrogens with zero attached hydrogens (tertiary/aromatic N) is 1. The molecule has 1 aliphatic rings. The number of imide groups is 1. The number of benzene rings is 1. The number of aliphatic hydroxyl groups is 1. The summed E-state index contributed by atoms with van der Waals surface area (Å²) in [4.78, 5) is 25.2. The van der Waals surface area contributed by atoms with E-state index >= 15 is 0 Å². The molecular formula is C13H17N2O3+. The van der Waals surface area contributed by atoms with Gasteiger partial charge in [0.05, 0.1) is 18.7 Å². The Labute approximate surface area is 105 Å². The zero-order valence-electron chi connectivity index (χ0n) is 10.1. The van der Waals surface area contributed by atoms with Gasteiger partial charge >= 0.3 is 0 Å². The summed E-state index contributed by atoms with van der Waals surface area (Å²) in [6.45, 7) is 0.760. The fourth-order valence-corrected chi connectivity index (χ4v) is 2.10. The van der Waals surface area contributed by atoms with Crippen molar-refractivity contribution in [3.63, 3.8) is 0 Å². The number of aliphatic hydroxyl groups excluding tert-OH is 1. The molecule has 0 spiro atoms. The summed E-state index contributed by atoms with van der Waals surface area (Å²) >= 11 is 0. The molecule has 2 rings (SSSR count). The Hall–Kier alpha value is -1.72. The van der Waals surface area contributed by atoms with Crippen molar-refractivity contribution in [1.82, 2.24) is 0 Å². The molecule has 18 heavy (non-hydrogen) atoms. The van der Waals surface area contributed by atoms with Crippen LogP contribution in [-0.4, -0.2) is 36.1 Å². The van der Waals surface area contributed by atoms with Crippen molar-refractivity contribution in [2.45, 2.75) is 18.9 Å². The second-order valence-electron chi connectivity index (χ2n) is 4.32. The molecule has 5 heteroatoms. The molecule has 0 bridgehead atoms. The molecule has 1 aromatic rings. The number of carbonyl (C=O) groups excluding carboxylic acids is 2. The van der Waals surface area contributed by atoms with Crippen LogP contribution in [0.2, 0.25) is 0 Å². The van der Waals surface area contributed by atoms with Gasteiger partial charge in [-0.3, -0.25) is 9.59 Å². The van der Waals surface area contributed by atoms with Crippen molar-refractivity contribution in [3.05, 3.63) is 30.3 Å². The van der Waals surface area contributed by atoms with Crippen molar-refractivity contribution >= 4 is 17.5 Å². The van der Waals surface area contributed by atoms with E-state index in [1.54, 1.807) is 24.3 Å². The number of quaternary nitrogens is 1. The molecule has 0 saturated carbocycles. The van der Waals surface area contributed by atoms with Crippen molar-refractivity contribution in [1.29, 1.82) is 0 Å². The maximum atomic E-state index is 12.1. The number of nitrogens with two attached hydrogens (primary N) is 1. The Kier molecular flexibility index (Phi) is 4.07. The molecule has 2 amide bonds. The number of carbonyl (C=O) groups is 2. The van der Waals surface area contributed by atoms with Crippen LogP contribution in [0.5, 0.6) is 0 Å². The normalized spacial score (nSPS) is 19.6. The minimum atomic E-state index is -0.343. The van der Waals surface area contributed by atoms with Gasteiger partial charge in [0, 0.05) is 13.0 Å². The lowest BCUT2D eigenvalue weighted by atomic mass is 10.2. The predicted molar refractivity (Wildman–Crippen MR) is 65.8 cm³/mol. The van der Waals surface area contributed by atoms with Crippen LogP contribution in [0.15, 0.2) is 30.3 Å². The van der Waals surface area contributed by atoms with Gasteiger partial charge in [0.15, 0.2) is 6.04 Å². The highest BCUT2D eigenvalue weighted by molar-refractivity contribution is 6.21. The summed E-state index contributed by atoms with van der Waals surface area (Å²) < 4.78 is 0. The van der Waals surface area contributed by atoms with Gasteiger partial charge in [-0.25, -0.2) is 4.90 Å². The fraction of sp³-hybridized carbons (Fsp3) is 0.385. The van der Waals surface area contributed by atoms with E-state index in [1.165, 1.54) is 4.90 Å². The summed E-state index contributed by atoms with van der Waals surface area (Å²) in [6, 6.07) is 8.62. The molecule has 0 aromatic heterocycles. The third-order valence-corrected chi connectivity index (χ3v) is 3.01. The highest BCUT2D eigenvalue weighted by Gasteiger charge is 2.41. The van der Waals surface area contributed by atoms with E-state index in [0.29, 0.717) is 18.7 Å². The lowest BCUT2D eigenvalue weighted by Crippen LogP contribution is -2.91. The van der Waals surface area contributed by atoms with Gasteiger partial charge in [-0.1, -0.05) is 18.2 Å². The predicted octanol–water partition coefficient (Wildman–Crippen LogP) is -0.736. The van der Waals surface area contributed by atoms with E-state index in [2.05, 4.69) is 0 Å². The number of anilines is 1. The third kappa shape index (κ3) is 2.57. The molecule has 0 radical (unpaired) electrons. The van der Waals surface area contributed by atoms with Gasteiger partial charge in [-0.2, -0.15) is 0 Å². The van der Waals surface area contributed by atoms with Gasteiger partial charge in [-0.15, -0.1) is 0 Å². The van der Waals surface area contributed by atoms with E-state index in [1.807, 2.05) is 11.4 Å². The molecule has 1 atom stereocenters. The van der Waals surface area contributed by atoms with Crippen LogP contribution in [0.1, 0.15) is 12.8 Å². The van der Waals surface area contributed by atoms with Gasteiger partial charge in [0.2, 0.25) is 5.91 Å². The molecule has 0 unspecified atom stereocenters. The summed E-state index contributed by atoms with van der Waals surface area (Å²) in [7, 11) is 0. The smallest absolute Gasteiger partial charge is 0.292 e. The Bertz CT molecular complexity index is 433. The van der Waals surface area contributed by atoms with Crippen LogP contribution in [0.3, 0.4) is 0 Å². The van der Waals surface area contributed by atoms with E-state index in [-0.39, 0.29) is 30.9 Å². The summed E-state index contributed by atoms with van der Waals surface area (Å²) in [6.07, 6.45) is 0.864. The lowest BCUT2D eigenvalue weighted by Gasteiger charge is -2.13. The number of rotatable bonds is 5. The number of hydrogen-bond acceptors (Lipinski definition) is 3. The van der Waals surface area contributed by atoms with E-state index in [0.717, 1.165) is 0 Å². The zero-order chi connectivity index (χ0) is 13.0. The highest BCUT2D eigenvalue weighted by atomic mass is 16.3. The van der Waals surface area contributed by atoms with Crippen LogP contribution >= 0.6 is 0 Å². The first kappa shape index (κ1) is 12.7. The molecule has 1 heterocycles. The maximum absolute atomic E-state index is 12.1. The topological polar surface area (TPSA) is 74.2 Å². The monoisotopic (exact) mass is 249 g/mol. The largest absolute Gasteiger partial charge is 0.396 e. The minimum Gasteiger partial charge on any atom is -0.396 e. The SMILES string of the molecule is O=C1C[C@H]([NH2+]CCCO)C(=O)N1c1ccccc1. The molecular weight excluding hydrogens is 232 g/mol. The average molecular weight is 249 g/mol. The van der Waals surface area contributed by atoms with Gasteiger partial charge in [0.1, 0.15) is 0 Å². The van der Waals surface area contributed by atoms with Crippen LogP contribution in [0.4, 0.5) is 5.69 Å². The van der Waals surface area contributed by atoms with Gasteiger partial charge < -0.3 is 10.4 Å². The first-order chi connectivity index (χ1) is 8.74. The second-order valence-corrected chi connectivity index (χ2v) is 4.32. The standard InChI is InChI=1S/C13H16N2O3/c16-8-4-7-14-11-9-12(17)15(13(11)18)10-5-2-1-3-6-10/h1-3,5-6,11,14,16H,4,7-9H2/p+1/t11-/m0/s1. The van der Waals surface area contributed by atoms with Crippen LogP contribution < -0.4 is 10.2 Å². The molecule has 1 aromatic carbocycles. The Morgan fingerprint density at radius 1 is 1.28 bits per heavy atom. The molecule has 1 saturated heterocycles. The van der Waals surface area contributed by atoms with Crippen LogP contribution in [0.25, 0.3) is 0 Å². The lowest BCUT2D eigenvalue weighted by molar-refractivity contribution is -0.674. The van der Waals surface area contributed by atoms with E-state index < -0.39 is 0 Å². The molecule has 0 aliphatic carbocycles. The van der Waals surface area contributed by atoms with Gasteiger partial charge in [-0.05, 0) is 12.1 Å². The Balaban J connectivity index is 2.06. The van der Waals surface area contributed by atoms with Crippen LogP contribution in [-0.2, 0) is 9.59 Å². The van der Waals surface area contributed by atoms with Gasteiger partial charge in [0.25, 0.3) is 5.91 Å². The second kappa shape index (κ2) is 5.75. The quantitative estimate of drug-likeness (QED) is 0.533. The Morgan fingerprint density at radius 2 is 2.00 bits per heavy atom. The van der Waals surface area contributed by atoms with Crippen molar-refractivity contribution in [3.8, 4) is 0 Å². The molecule has 96 valence electrons. The molecule has 1 fully saturated rings. The first-order valence-corrected chi connectivity index (χ1v) is 6.10. The molecule has 5 nitrogen and oxygen atoms in total. The highest BCUT2D eigenvalue weighted by Crippen LogP contribution is 2.20. The van der Waals surface area contributed by atoms with Crippen LogP contribution in [0, 0.1) is 0 Å². The number of amides is 2. The number of hydrogen-bond donors (Lipinski definition) is 2.